The second-order valence-electron chi connectivity index (χ2n) is 3.62. The van der Waals surface area contributed by atoms with E-state index < -0.39 is 18.8 Å². The molecule has 0 bridgehead atoms. The highest BCUT2D eigenvalue weighted by atomic mass is 19.1. The van der Waals surface area contributed by atoms with E-state index in [4.69, 9.17) is 10.0 Å². The van der Waals surface area contributed by atoms with Gasteiger partial charge in [0.25, 0.3) is 0 Å². The lowest BCUT2D eigenvalue weighted by atomic mass is 9.79. The van der Waals surface area contributed by atoms with Gasteiger partial charge in [-0.25, -0.2) is 8.78 Å². The van der Waals surface area contributed by atoms with Crippen LogP contribution in [0.5, 0.6) is 0 Å². The molecule has 2 aromatic rings. The molecule has 0 radical (unpaired) electrons. The van der Waals surface area contributed by atoms with Crippen LogP contribution in [-0.2, 0) is 0 Å². The van der Waals surface area contributed by atoms with E-state index in [9.17, 15) is 8.78 Å². The van der Waals surface area contributed by atoms with Gasteiger partial charge in [0.05, 0.1) is 0 Å². The first kappa shape index (κ1) is 11.8. The van der Waals surface area contributed by atoms with Crippen LogP contribution in [0.4, 0.5) is 8.78 Å². The molecule has 0 aliphatic heterocycles. The molecule has 0 fully saturated rings. The Kier molecular flexibility index (Phi) is 3.22. The average Bonchev–Trinajstić information content (AvgIpc) is 2.28. The highest BCUT2D eigenvalue weighted by molar-refractivity contribution is 6.58. The van der Waals surface area contributed by atoms with Gasteiger partial charge < -0.3 is 10.0 Å². The number of halogens is 2. The maximum atomic E-state index is 13.5. The van der Waals surface area contributed by atoms with E-state index >= 15 is 0 Å². The van der Waals surface area contributed by atoms with Gasteiger partial charge in [-0.05, 0) is 29.3 Å². The molecule has 2 rings (SSSR count). The number of hydrogen-bond donors (Lipinski definition) is 2. The van der Waals surface area contributed by atoms with Crippen molar-refractivity contribution in [3.63, 3.8) is 0 Å². The monoisotopic (exact) mass is 234 g/mol. The molecule has 2 nitrogen and oxygen atoms in total. The van der Waals surface area contributed by atoms with Gasteiger partial charge in [0.1, 0.15) is 11.6 Å². The van der Waals surface area contributed by atoms with Crippen molar-refractivity contribution >= 4 is 12.6 Å². The molecule has 0 spiro atoms. The minimum absolute atomic E-state index is 0.204. The molecule has 86 valence electrons. The van der Waals surface area contributed by atoms with E-state index in [1.807, 2.05) is 0 Å². The summed E-state index contributed by atoms with van der Waals surface area (Å²) >= 11 is 0. The van der Waals surface area contributed by atoms with E-state index in [1.165, 1.54) is 30.3 Å². The van der Waals surface area contributed by atoms with Crippen LogP contribution in [-0.4, -0.2) is 17.2 Å². The van der Waals surface area contributed by atoms with Crippen molar-refractivity contribution in [1.82, 2.24) is 0 Å². The molecule has 2 aromatic carbocycles. The van der Waals surface area contributed by atoms with Crippen molar-refractivity contribution in [2.75, 3.05) is 0 Å². The van der Waals surface area contributed by atoms with Crippen LogP contribution in [0, 0.1) is 11.6 Å². The predicted octanol–water partition coefficient (Wildman–Crippen LogP) is 1.31. The molecule has 0 unspecified atom stereocenters. The van der Waals surface area contributed by atoms with Crippen LogP contribution < -0.4 is 5.46 Å². The first-order chi connectivity index (χ1) is 8.08. The molecule has 0 aromatic heterocycles. The minimum atomic E-state index is -1.85. The number of benzene rings is 2. The van der Waals surface area contributed by atoms with E-state index in [2.05, 4.69) is 0 Å². The molecule has 0 saturated heterocycles. The first-order valence-corrected chi connectivity index (χ1v) is 4.99. The van der Waals surface area contributed by atoms with E-state index in [1.54, 1.807) is 6.07 Å². The van der Waals surface area contributed by atoms with Crippen molar-refractivity contribution in [2.45, 2.75) is 0 Å². The summed E-state index contributed by atoms with van der Waals surface area (Å²) in [5.41, 5.74) is 0.805. The third-order valence-electron chi connectivity index (χ3n) is 2.44. The van der Waals surface area contributed by atoms with Crippen LogP contribution in [0.25, 0.3) is 11.1 Å². The van der Waals surface area contributed by atoms with Crippen LogP contribution in [0.1, 0.15) is 0 Å². The molecule has 2 N–H and O–H groups in total. The van der Waals surface area contributed by atoms with Gasteiger partial charge in [-0.2, -0.15) is 0 Å². The Hall–Kier alpha value is -1.72. The summed E-state index contributed by atoms with van der Waals surface area (Å²) in [4.78, 5) is 0. The van der Waals surface area contributed by atoms with Crippen molar-refractivity contribution < 1.29 is 18.8 Å². The van der Waals surface area contributed by atoms with Gasteiger partial charge >= 0.3 is 7.12 Å². The van der Waals surface area contributed by atoms with Crippen LogP contribution in [0.15, 0.2) is 42.5 Å². The lowest BCUT2D eigenvalue weighted by molar-refractivity contribution is 0.423. The van der Waals surface area contributed by atoms with Crippen LogP contribution in [0.3, 0.4) is 0 Å². The highest BCUT2D eigenvalue weighted by Crippen LogP contribution is 2.20. The summed E-state index contributed by atoms with van der Waals surface area (Å²) in [6.07, 6.45) is 0. The zero-order chi connectivity index (χ0) is 12.4. The van der Waals surface area contributed by atoms with E-state index in [0.717, 1.165) is 6.07 Å². The van der Waals surface area contributed by atoms with Gasteiger partial charge in [0, 0.05) is 5.46 Å². The largest absolute Gasteiger partial charge is 0.491 e. The maximum Gasteiger partial charge on any atom is 0.491 e. The molecule has 5 heteroatoms. The predicted molar refractivity (Wildman–Crippen MR) is 61.6 cm³/mol. The normalized spacial score (nSPS) is 10.4. The Balaban J connectivity index is 2.44. The second-order valence-corrected chi connectivity index (χ2v) is 3.62. The molecule has 0 heterocycles. The van der Waals surface area contributed by atoms with Crippen LogP contribution in [0.2, 0.25) is 0 Å². The van der Waals surface area contributed by atoms with E-state index in [-0.39, 0.29) is 5.46 Å². The van der Waals surface area contributed by atoms with Crippen molar-refractivity contribution in [3.05, 3.63) is 54.1 Å². The fraction of sp³-hybridized carbons (Fsp3) is 0. The zero-order valence-corrected chi connectivity index (χ0v) is 8.77. The summed E-state index contributed by atoms with van der Waals surface area (Å²) in [6, 6.07) is 9.66. The molecule has 0 aliphatic rings. The van der Waals surface area contributed by atoms with Gasteiger partial charge in [-0.15, -0.1) is 0 Å². The maximum absolute atomic E-state index is 13.5. The van der Waals surface area contributed by atoms with E-state index in [0.29, 0.717) is 11.1 Å². The van der Waals surface area contributed by atoms with Gasteiger partial charge in [0.15, 0.2) is 0 Å². The minimum Gasteiger partial charge on any atom is -0.423 e. The lowest BCUT2D eigenvalue weighted by Gasteiger charge is -2.05. The number of hydrogen-bond acceptors (Lipinski definition) is 2. The van der Waals surface area contributed by atoms with Crippen molar-refractivity contribution in [2.24, 2.45) is 0 Å². The average molecular weight is 234 g/mol. The smallest absolute Gasteiger partial charge is 0.423 e. The standard InChI is InChI=1S/C12H9BF2O2/c14-10-3-1-2-8(6-10)9-4-5-11(13(16)17)12(15)7-9/h1-7,16-17H. The first-order valence-electron chi connectivity index (χ1n) is 4.99. The molecule has 17 heavy (non-hydrogen) atoms. The van der Waals surface area contributed by atoms with Crippen molar-refractivity contribution in [3.8, 4) is 11.1 Å². The number of rotatable bonds is 2. The lowest BCUT2D eigenvalue weighted by Crippen LogP contribution is -2.32. The summed E-state index contributed by atoms with van der Waals surface area (Å²) in [5, 5.41) is 17.7. The molecule has 0 amide bonds. The zero-order valence-electron chi connectivity index (χ0n) is 8.77. The molecule has 0 aliphatic carbocycles. The SMILES string of the molecule is OB(O)c1ccc(-c2cccc(F)c2)cc1F. The van der Waals surface area contributed by atoms with Crippen LogP contribution >= 0.6 is 0 Å². The summed E-state index contributed by atoms with van der Waals surface area (Å²) in [5.74, 6) is -1.14. The third-order valence-corrected chi connectivity index (χ3v) is 2.44. The summed E-state index contributed by atoms with van der Waals surface area (Å²) in [7, 11) is -1.85. The molecular formula is C12H9BF2O2. The third kappa shape index (κ3) is 2.51. The quantitative estimate of drug-likeness (QED) is 0.769. The van der Waals surface area contributed by atoms with Gasteiger partial charge in [0.2, 0.25) is 0 Å². The molecular weight excluding hydrogens is 225 g/mol. The Morgan fingerprint density at radius 3 is 2.18 bits per heavy atom. The summed E-state index contributed by atoms with van der Waals surface area (Å²) < 4.78 is 26.5. The second kappa shape index (κ2) is 4.65. The fourth-order valence-electron chi connectivity index (χ4n) is 1.58. The van der Waals surface area contributed by atoms with Gasteiger partial charge in [-0.1, -0.05) is 24.3 Å². The topological polar surface area (TPSA) is 40.5 Å². The molecule has 0 saturated carbocycles. The summed E-state index contributed by atoms with van der Waals surface area (Å²) in [6.45, 7) is 0. The highest BCUT2D eigenvalue weighted by Gasteiger charge is 2.16. The fourth-order valence-corrected chi connectivity index (χ4v) is 1.58. The Morgan fingerprint density at radius 2 is 1.59 bits per heavy atom. The molecule has 0 atom stereocenters. The Labute approximate surface area is 97.3 Å². The Bertz CT molecular complexity index is 544. The van der Waals surface area contributed by atoms with Crippen molar-refractivity contribution in [1.29, 1.82) is 0 Å². The van der Waals surface area contributed by atoms with Gasteiger partial charge in [-0.3, -0.25) is 0 Å². The Morgan fingerprint density at radius 1 is 0.882 bits per heavy atom.